The van der Waals surface area contributed by atoms with Gasteiger partial charge in [-0.25, -0.2) is 4.39 Å². The number of halogens is 3. The van der Waals surface area contributed by atoms with Crippen LogP contribution < -0.4 is 5.32 Å². The minimum atomic E-state index is -2.50. The largest absolute Gasteiger partial charge is 0.388 e. The van der Waals surface area contributed by atoms with E-state index in [4.69, 9.17) is 0 Å². The highest BCUT2D eigenvalue weighted by Crippen LogP contribution is 2.26. The molecule has 0 saturated heterocycles. The first-order chi connectivity index (χ1) is 10.9. The molecule has 1 amide bonds. The molecule has 3 nitrogen and oxygen atoms in total. The second-order valence-corrected chi connectivity index (χ2v) is 5.79. The van der Waals surface area contributed by atoms with Gasteiger partial charge in [-0.15, -0.1) is 0 Å². The maximum absolute atomic E-state index is 13.1. The van der Waals surface area contributed by atoms with E-state index in [-0.39, 0.29) is 6.42 Å². The van der Waals surface area contributed by atoms with Crippen LogP contribution in [0.5, 0.6) is 0 Å². The van der Waals surface area contributed by atoms with E-state index < -0.39 is 23.6 Å². The number of thioether (sulfide) groups is 1. The molecule has 2 aromatic carbocycles. The van der Waals surface area contributed by atoms with E-state index in [0.29, 0.717) is 27.9 Å². The standard InChI is InChI=1S/C16H14F3NO2S/c17-11-3-1-2-10(8-11)14(21)9-15(22)20-12-4-6-13(7-5-12)23-16(18)19/h1-8,14,16,21H,9H2,(H,20,22). The number of hydrogen-bond acceptors (Lipinski definition) is 3. The van der Waals surface area contributed by atoms with Crippen molar-refractivity contribution in [2.24, 2.45) is 0 Å². The fourth-order valence-corrected chi connectivity index (χ4v) is 2.44. The Balaban J connectivity index is 1.91. The third-order valence-electron chi connectivity index (χ3n) is 2.98. The molecule has 0 aromatic heterocycles. The predicted molar refractivity (Wildman–Crippen MR) is 82.9 cm³/mol. The quantitative estimate of drug-likeness (QED) is 0.774. The van der Waals surface area contributed by atoms with E-state index in [1.165, 1.54) is 42.5 Å². The number of amides is 1. The lowest BCUT2D eigenvalue weighted by Gasteiger charge is -2.11. The summed E-state index contributed by atoms with van der Waals surface area (Å²) in [5.74, 6) is -3.46. The molecule has 0 bridgehead atoms. The highest BCUT2D eigenvalue weighted by Gasteiger charge is 2.14. The molecule has 23 heavy (non-hydrogen) atoms. The van der Waals surface area contributed by atoms with Crippen LogP contribution in [0.4, 0.5) is 18.9 Å². The minimum absolute atomic E-state index is 0.239. The zero-order chi connectivity index (χ0) is 16.8. The number of carbonyl (C=O) groups excluding carboxylic acids is 1. The zero-order valence-corrected chi connectivity index (χ0v) is 12.7. The Morgan fingerprint density at radius 1 is 1.17 bits per heavy atom. The van der Waals surface area contributed by atoms with Gasteiger partial charge < -0.3 is 10.4 Å². The summed E-state index contributed by atoms with van der Waals surface area (Å²) < 4.78 is 37.5. The van der Waals surface area contributed by atoms with Gasteiger partial charge in [0.2, 0.25) is 5.91 Å². The van der Waals surface area contributed by atoms with Crippen molar-refractivity contribution >= 4 is 23.4 Å². The van der Waals surface area contributed by atoms with Crippen LogP contribution in [0.3, 0.4) is 0 Å². The molecule has 0 heterocycles. The van der Waals surface area contributed by atoms with Crippen molar-refractivity contribution < 1.29 is 23.1 Å². The third-order valence-corrected chi connectivity index (χ3v) is 3.70. The molecule has 2 N–H and O–H groups in total. The summed E-state index contributed by atoms with van der Waals surface area (Å²) in [7, 11) is 0. The Bertz CT molecular complexity index is 665. The Labute approximate surface area is 135 Å². The summed E-state index contributed by atoms with van der Waals surface area (Å²) in [5.41, 5.74) is 0.740. The van der Waals surface area contributed by atoms with Crippen LogP contribution in [-0.4, -0.2) is 16.8 Å². The molecule has 0 radical (unpaired) electrons. The van der Waals surface area contributed by atoms with Crippen LogP contribution in [0.15, 0.2) is 53.4 Å². The van der Waals surface area contributed by atoms with Crippen molar-refractivity contribution in [1.82, 2.24) is 0 Å². The highest BCUT2D eigenvalue weighted by atomic mass is 32.2. The van der Waals surface area contributed by atoms with Gasteiger partial charge in [-0.2, -0.15) is 8.78 Å². The lowest BCUT2D eigenvalue weighted by molar-refractivity contribution is -0.118. The van der Waals surface area contributed by atoms with Crippen LogP contribution >= 0.6 is 11.8 Å². The number of aliphatic hydroxyl groups is 1. The van der Waals surface area contributed by atoms with E-state index in [0.717, 1.165) is 6.07 Å². The van der Waals surface area contributed by atoms with Gasteiger partial charge in [-0.3, -0.25) is 4.79 Å². The Kier molecular flexibility index (Phi) is 6.06. The number of alkyl halides is 2. The van der Waals surface area contributed by atoms with Gasteiger partial charge in [-0.05, 0) is 42.0 Å². The molecule has 1 atom stereocenters. The summed E-state index contributed by atoms with van der Waals surface area (Å²) in [6.45, 7) is 0. The predicted octanol–water partition coefficient (Wildman–Crippen LogP) is 4.20. The fraction of sp³-hybridized carbons (Fsp3) is 0.188. The van der Waals surface area contributed by atoms with Crippen molar-refractivity contribution in [3.8, 4) is 0 Å². The molecular weight excluding hydrogens is 327 g/mol. The van der Waals surface area contributed by atoms with Crippen molar-refractivity contribution in [3.05, 3.63) is 59.9 Å². The number of carbonyl (C=O) groups is 1. The second-order valence-electron chi connectivity index (χ2n) is 4.73. The Morgan fingerprint density at radius 3 is 2.48 bits per heavy atom. The monoisotopic (exact) mass is 341 g/mol. The molecular formula is C16H14F3NO2S. The average Bonchev–Trinajstić information content (AvgIpc) is 2.48. The smallest absolute Gasteiger partial charge is 0.288 e. The molecule has 122 valence electrons. The fourth-order valence-electron chi connectivity index (χ4n) is 1.94. The van der Waals surface area contributed by atoms with Crippen LogP contribution in [0, 0.1) is 5.82 Å². The lowest BCUT2D eigenvalue weighted by Crippen LogP contribution is -2.15. The summed E-state index contributed by atoms with van der Waals surface area (Å²) in [5, 5.41) is 12.5. The molecule has 7 heteroatoms. The first kappa shape index (κ1) is 17.4. The summed E-state index contributed by atoms with van der Waals surface area (Å²) in [6.07, 6.45) is -1.36. The first-order valence-corrected chi connectivity index (χ1v) is 7.60. The molecule has 0 fully saturated rings. The first-order valence-electron chi connectivity index (χ1n) is 6.72. The summed E-state index contributed by atoms with van der Waals surface area (Å²) in [6, 6.07) is 11.3. The summed E-state index contributed by atoms with van der Waals surface area (Å²) >= 11 is 0.414. The van der Waals surface area contributed by atoms with E-state index in [2.05, 4.69) is 5.32 Å². The van der Waals surface area contributed by atoms with Crippen molar-refractivity contribution in [1.29, 1.82) is 0 Å². The second kappa shape index (κ2) is 8.03. The molecule has 0 aliphatic heterocycles. The Hall–Kier alpha value is -1.99. The van der Waals surface area contributed by atoms with Crippen LogP contribution in [0.1, 0.15) is 18.1 Å². The molecule has 0 aliphatic carbocycles. The van der Waals surface area contributed by atoms with Gasteiger partial charge in [0.05, 0.1) is 12.5 Å². The van der Waals surface area contributed by atoms with Crippen molar-refractivity contribution in [2.45, 2.75) is 23.2 Å². The number of benzene rings is 2. The molecule has 1 unspecified atom stereocenters. The van der Waals surface area contributed by atoms with Gasteiger partial charge in [0.1, 0.15) is 5.82 Å². The maximum Gasteiger partial charge on any atom is 0.288 e. The van der Waals surface area contributed by atoms with Gasteiger partial charge in [-0.1, -0.05) is 23.9 Å². The van der Waals surface area contributed by atoms with Crippen molar-refractivity contribution in [2.75, 3.05) is 5.32 Å². The number of nitrogens with one attached hydrogen (secondary N) is 1. The molecule has 0 saturated carbocycles. The van der Waals surface area contributed by atoms with Gasteiger partial charge >= 0.3 is 0 Å². The number of aliphatic hydroxyl groups excluding tert-OH is 1. The van der Waals surface area contributed by atoms with Crippen LogP contribution in [-0.2, 0) is 4.79 Å². The lowest BCUT2D eigenvalue weighted by atomic mass is 10.1. The molecule has 2 aromatic rings. The number of anilines is 1. The minimum Gasteiger partial charge on any atom is -0.388 e. The number of hydrogen-bond donors (Lipinski definition) is 2. The maximum atomic E-state index is 13.1. The highest BCUT2D eigenvalue weighted by molar-refractivity contribution is 7.99. The normalized spacial score (nSPS) is 12.2. The van der Waals surface area contributed by atoms with Gasteiger partial charge in [0, 0.05) is 10.6 Å². The average molecular weight is 341 g/mol. The molecule has 0 aliphatic rings. The topological polar surface area (TPSA) is 49.3 Å². The van der Waals surface area contributed by atoms with Crippen molar-refractivity contribution in [3.63, 3.8) is 0 Å². The SMILES string of the molecule is O=C(CC(O)c1cccc(F)c1)Nc1ccc(SC(F)F)cc1. The van der Waals surface area contributed by atoms with Crippen LogP contribution in [0.2, 0.25) is 0 Å². The molecule has 2 rings (SSSR count). The third kappa shape index (κ3) is 5.61. The van der Waals surface area contributed by atoms with E-state index in [1.54, 1.807) is 0 Å². The van der Waals surface area contributed by atoms with Crippen LogP contribution in [0.25, 0.3) is 0 Å². The van der Waals surface area contributed by atoms with E-state index >= 15 is 0 Å². The summed E-state index contributed by atoms with van der Waals surface area (Å²) in [4.78, 5) is 12.2. The number of rotatable bonds is 6. The van der Waals surface area contributed by atoms with E-state index in [1.807, 2.05) is 0 Å². The van der Waals surface area contributed by atoms with Gasteiger partial charge in [0.15, 0.2) is 0 Å². The zero-order valence-electron chi connectivity index (χ0n) is 11.9. The Morgan fingerprint density at radius 2 is 1.87 bits per heavy atom. The van der Waals surface area contributed by atoms with Gasteiger partial charge in [0.25, 0.3) is 5.76 Å². The van der Waals surface area contributed by atoms with E-state index in [9.17, 15) is 23.1 Å². The molecule has 0 spiro atoms.